The molecule has 12 rings (SSSR count). The maximum Gasteiger partial charge on any atom is 0.0726 e. The van der Waals surface area contributed by atoms with Gasteiger partial charge in [0.05, 0.1) is 11.1 Å². The SMILES string of the molecule is CC1(C)c2cc(N(c3ccccc3)c3ccc4c(c3)C3(c5ccccc5-c5ccccc53)c3ccccc3-4)c3ccccc3c2-c2ccc3ccccc3c21. The standard InChI is InChI=1S/C54H37N/c1-53(2)49-33-50(42-23-8-9-24-43(42)51(49)44-30-28-34-16-6-7-19-37(34)52(44)53)55(35-17-4-3-5-18-35)36-29-31-41-40-22-12-15-27-47(40)54(48(41)32-36)45-25-13-10-20-38(45)39-21-11-14-26-46(39)54/h3-33H,1-2H3. The number of nitrogens with zero attached hydrogens (tertiary/aromatic N) is 1. The van der Waals surface area contributed by atoms with E-state index >= 15 is 0 Å². The molecule has 0 saturated carbocycles. The Morgan fingerprint density at radius 3 is 1.56 bits per heavy atom. The van der Waals surface area contributed by atoms with E-state index in [9.17, 15) is 0 Å². The van der Waals surface area contributed by atoms with Crippen molar-refractivity contribution in [3.63, 3.8) is 0 Å². The smallest absolute Gasteiger partial charge is 0.0726 e. The molecule has 1 nitrogen and oxygen atoms in total. The lowest BCUT2D eigenvalue weighted by atomic mass is 9.70. The number of hydrogen-bond donors (Lipinski definition) is 0. The van der Waals surface area contributed by atoms with Crippen LogP contribution >= 0.6 is 0 Å². The van der Waals surface area contributed by atoms with E-state index in [1.807, 2.05) is 0 Å². The summed E-state index contributed by atoms with van der Waals surface area (Å²) in [4.78, 5) is 2.52. The Balaban J connectivity index is 1.15. The third-order valence-electron chi connectivity index (χ3n) is 13.0. The lowest BCUT2D eigenvalue weighted by Crippen LogP contribution is -2.26. The molecule has 9 aromatic carbocycles. The maximum absolute atomic E-state index is 2.52. The minimum absolute atomic E-state index is 0.201. The van der Waals surface area contributed by atoms with Gasteiger partial charge < -0.3 is 4.90 Å². The first-order valence-electron chi connectivity index (χ1n) is 19.4. The molecule has 0 bridgehead atoms. The van der Waals surface area contributed by atoms with E-state index in [0.29, 0.717) is 0 Å². The van der Waals surface area contributed by atoms with Crippen LogP contribution < -0.4 is 4.90 Å². The fourth-order valence-electron chi connectivity index (χ4n) is 10.8. The van der Waals surface area contributed by atoms with Gasteiger partial charge in [0.2, 0.25) is 0 Å². The van der Waals surface area contributed by atoms with Crippen molar-refractivity contribution in [3.8, 4) is 33.4 Å². The van der Waals surface area contributed by atoms with Gasteiger partial charge in [0, 0.05) is 22.2 Å². The predicted octanol–water partition coefficient (Wildman–Crippen LogP) is 14.1. The average molecular weight is 700 g/mol. The lowest BCUT2D eigenvalue weighted by Gasteiger charge is -2.33. The Labute approximate surface area is 321 Å². The topological polar surface area (TPSA) is 3.24 Å². The van der Waals surface area contributed by atoms with Crippen LogP contribution in [0, 0.1) is 0 Å². The van der Waals surface area contributed by atoms with E-state index in [1.165, 1.54) is 94.0 Å². The van der Waals surface area contributed by atoms with Crippen LogP contribution in [0.5, 0.6) is 0 Å². The second-order valence-corrected chi connectivity index (χ2v) is 16.0. The highest BCUT2D eigenvalue weighted by Crippen LogP contribution is 2.64. The van der Waals surface area contributed by atoms with Crippen LogP contribution in [0.4, 0.5) is 17.1 Å². The number of fused-ring (bicyclic) bond motifs is 17. The zero-order valence-corrected chi connectivity index (χ0v) is 30.8. The number of benzene rings is 9. The Bertz CT molecular complexity index is 3010. The summed E-state index contributed by atoms with van der Waals surface area (Å²) in [6.45, 7) is 4.84. The van der Waals surface area contributed by atoms with Crippen LogP contribution in [0.2, 0.25) is 0 Å². The normalized spacial score (nSPS) is 14.7. The van der Waals surface area contributed by atoms with Crippen LogP contribution in [0.15, 0.2) is 188 Å². The molecule has 0 aromatic heterocycles. The van der Waals surface area contributed by atoms with E-state index in [4.69, 9.17) is 0 Å². The van der Waals surface area contributed by atoms with Gasteiger partial charge in [-0.15, -0.1) is 0 Å². The third-order valence-corrected chi connectivity index (χ3v) is 13.0. The summed E-state index contributed by atoms with van der Waals surface area (Å²) in [5, 5.41) is 5.17. The quantitative estimate of drug-likeness (QED) is 0.177. The monoisotopic (exact) mass is 699 g/mol. The van der Waals surface area contributed by atoms with Crippen molar-refractivity contribution in [1.82, 2.24) is 0 Å². The highest BCUT2D eigenvalue weighted by atomic mass is 15.1. The van der Waals surface area contributed by atoms with Crippen LogP contribution in [-0.2, 0) is 10.8 Å². The molecule has 1 heteroatoms. The van der Waals surface area contributed by atoms with Gasteiger partial charge in [-0.1, -0.05) is 172 Å². The summed E-state index contributed by atoms with van der Waals surface area (Å²) in [5.74, 6) is 0. The first kappa shape index (κ1) is 30.7. The van der Waals surface area contributed by atoms with Gasteiger partial charge in [-0.05, 0) is 113 Å². The second-order valence-electron chi connectivity index (χ2n) is 16.0. The Kier molecular flexibility index (Phi) is 6.11. The van der Waals surface area contributed by atoms with E-state index in [1.54, 1.807) is 0 Å². The fourth-order valence-corrected chi connectivity index (χ4v) is 10.8. The van der Waals surface area contributed by atoms with Gasteiger partial charge in [0.1, 0.15) is 0 Å². The summed E-state index contributed by atoms with van der Waals surface area (Å²) in [5.41, 5.74) is 19.1. The minimum atomic E-state index is -0.415. The fraction of sp³-hybridized carbons (Fsp3) is 0.0741. The molecule has 3 aliphatic rings. The molecule has 0 fully saturated rings. The van der Waals surface area contributed by atoms with Crippen molar-refractivity contribution in [1.29, 1.82) is 0 Å². The van der Waals surface area contributed by atoms with Gasteiger partial charge in [-0.3, -0.25) is 0 Å². The van der Waals surface area contributed by atoms with Gasteiger partial charge in [-0.2, -0.15) is 0 Å². The van der Waals surface area contributed by atoms with E-state index < -0.39 is 5.41 Å². The Hall–Kier alpha value is -6.70. The van der Waals surface area contributed by atoms with Gasteiger partial charge in [-0.25, -0.2) is 0 Å². The van der Waals surface area contributed by atoms with Crippen LogP contribution in [-0.4, -0.2) is 0 Å². The summed E-state index contributed by atoms with van der Waals surface area (Å²) in [6.07, 6.45) is 0. The van der Waals surface area contributed by atoms with Gasteiger partial charge >= 0.3 is 0 Å². The molecule has 0 heterocycles. The van der Waals surface area contributed by atoms with Crippen molar-refractivity contribution in [3.05, 3.63) is 221 Å². The van der Waals surface area contributed by atoms with Crippen LogP contribution in [0.1, 0.15) is 47.2 Å². The molecule has 55 heavy (non-hydrogen) atoms. The second kappa shape index (κ2) is 10.9. The molecule has 0 amide bonds. The molecule has 0 N–H and O–H groups in total. The van der Waals surface area contributed by atoms with Crippen LogP contribution in [0.3, 0.4) is 0 Å². The minimum Gasteiger partial charge on any atom is -0.310 e. The van der Waals surface area contributed by atoms with Crippen LogP contribution in [0.25, 0.3) is 54.9 Å². The van der Waals surface area contributed by atoms with Crippen molar-refractivity contribution in [2.24, 2.45) is 0 Å². The molecule has 0 saturated heterocycles. The molecule has 0 radical (unpaired) electrons. The van der Waals surface area contributed by atoms with Gasteiger partial charge in [0.15, 0.2) is 0 Å². The number of para-hydroxylation sites is 1. The summed E-state index contributed by atoms with van der Waals surface area (Å²) in [7, 11) is 0. The first-order chi connectivity index (χ1) is 27.1. The Morgan fingerprint density at radius 1 is 0.364 bits per heavy atom. The molecule has 3 aliphatic carbocycles. The number of hydrogen-bond acceptors (Lipinski definition) is 1. The zero-order valence-electron chi connectivity index (χ0n) is 30.8. The van der Waals surface area contributed by atoms with Crippen molar-refractivity contribution in [2.75, 3.05) is 4.90 Å². The maximum atomic E-state index is 2.52. The average Bonchev–Trinajstić information content (AvgIpc) is 3.80. The molecule has 1 spiro atoms. The molecular formula is C54H37N. The summed E-state index contributed by atoms with van der Waals surface area (Å²) >= 11 is 0. The largest absolute Gasteiger partial charge is 0.310 e. The summed E-state index contributed by atoms with van der Waals surface area (Å²) in [6, 6.07) is 70.6. The Morgan fingerprint density at radius 2 is 0.891 bits per heavy atom. The predicted molar refractivity (Wildman–Crippen MR) is 230 cm³/mol. The number of anilines is 3. The van der Waals surface area contributed by atoms with E-state index in [0.717, 1.165) is 11.4 Å². The third kappa shape index (κ3) is 3.87. The lowest BCUT2D eigenvalue weighted by molar-refractivity contribution is 0.667. The molecular weight excluding hydrogens is 663 g/mol. The van der Waals surface area contributed by atoms with E-state index in [-0.39, 0.29) is 5.41 Å². The molecule has 9 aromatic rings. The van der Waals surface area contributed by atoms with E-state index in [2.05, 4.69) is 207 Å². The highest BCUT2D eigenvalue weighted by molar-refractivity contribution is 6.12. The summed E-state index contributed by atoms with van der Waals surface area (Å²) < 4.78 is 0. The van der Waals surface area contributed by atoms with Crippen molar-refractivity contribution in [2.45, 2.75) is 24.7 Å². The number of rotatable bonds is 3. The van der Waals surface area contributed by atoms with Gasteiger partial charge in [0.25, 0.3) is 0 Å². The molecule has 0 unspecified atom stereocenters. The first-order valence-corrected chi connectivity index (χ1v) is 19.4. The molecule has 0 aliphatic heterocycles. The molecule has 0 atom stereocenters. The van der Waals surface area contributed by atoms with Crippen molar-refractivity contribution >= 4 is 38.6 Å². The van der Waals surface area contributed by atoms with Crippen molar-refractivity contribution < 1.29 is 0 Å². The highest BCUT2D eigenvalue weighted by Gasteiger charge is 2.51. The zero-order chi connectivity index (χ0) is 36.5. The molecule has 258 valence electrons.